The van der Waals surface area contributed by atoms with Crippen LogP contribution in [0.1, 0.15) is 11.1 Å². The first kappa shape index (κ1) is 19.6. The smallest absolute Gasteiger partial charge is 0.297 e. The molecule has 2 heterocycles. The van der Waals surface area contributed by atoms with Crippen molar-refractivity contribution >= 4 is 22.4 Å². The largest absolute Gasteiger partial charge is 0.406 e. The van der Waals surface area contributed by atoms with Gasteiger partial charge in [0.1, 0.15) is 24.4 Å². The Morgan fingerprint density at radius 3 is 2.64 bits per heavy atom. The van der Waals surface area contributed by atoms with E-state index >= 15 is 0 Å². The molecule has 3 rings (SSSR count). The van der Waals surface area contributed by atoms with Crippen molar-refractivity contribution in [2.45, 2.75) is 20.0 Å². The molecule has 3 aromatic rings. The molecule has 0 spiro atoms. The van der Waals surface area contributed by atoms with Crippen LogP contribution in [0, 0.1) is 13.8 Å². The van der Waals surface area contributed by atoms with E-state index in [1.54, 1.807) is 0 Å². The number of fused-ring (bicyclic) bond motifs is 1. The van der Waals surface area contributed by atoms with Gasteiger partial charge in [0.15, 0.2) is 5.65 Å². The molecule has 3 N–H and O–H groups in total. The van der Waals surface area contributed by atoms with Gasteiger partial charge in [-0.05, 0) is 25.5 Å². The van der Waals surface area contributed by atoms with Crippen LogP contribution >= 0.6 is 0 Å². The van der Waals surface area contributed by atoms with Crippen molar-refractivity contribution in [1.29, 1.82) is 0 Å². The summed E-state index contributed by atoms with van der Waals surface area (Å²) in [5.41, 5.74) is 2.46. The quantitative estimate of drug-likeness (QED) is 0.555. The molecule has 148 valence electrons. The van der Waals surface area contributed by atoms with Crippen molar-refractivity contribution in [2.75, 3.05) is 18.5 Å². The predicted octanol–water partition coefficient (Wildman–Crippen LogP) is 0.237. The number of hydrogen-bond acceptors (Lipinski definition) is 7. The van der Waals surface area contributed by atoms with E-state index in [1.165, 1.54) is 17.7 Å². The zero-order valence-electron chi connectivity index (χ0n) is 15.8. The highest BCUT2D eigenvalue weighted by atomic mass is 16.7. The van der Waals surface area contributed by atoms with Crippen LogP contribution in [0.5, 0.6) is 0 Å². The summed E-state index contributed by atoms with van der Waals surface area (Å²) in [7, 11) is 1.53. The fourth-order valence-corrected chi connectivity index (χ4v) is 2.83. The minimum Gasteiger partial charge on any atom is -0.406 e. The molecular weight excluding hydrogens is 364 g/mol. The summed E-state index contributed by atoms with van der Waals surface area (Å²) in [5.74, 6) is 0. The maximum Gasteiger partial charge on any atom is 0.297 e. The standard InChI is InChI=1S/C19H22N4O5/c1-11-4-5-14(12(2)6-11)21-15-7-16(26)22(3)18-17(15)19(27)23(10-20-18)28-9-13(25)8-24/h4-7,10,13,21,24-25H,8-9H2,1-3H3. The third kappa shape index (κ3) is 3.75. The van der Waals surface area contributed by atoms with Gasteiger partial charge in [-0.15, -0.1) is 4.73 Å². The maximum absolute atomic E-state index is 12.9. The van der Waals surface area contributed by atoms with Crippen LogP contribution < -0.4 is 21.3 Å². The zero-order valence-corrected chi connectivity index (χ0v) is 15.8. The van der Waals surface area contributed by atoms with Gasteiger partial charge in [-0.2, -0.15) is 0 Å². The average Bonchev–Trinajstić information content (AvgIpc) is 2.66. The second-order valence-electron chi connectivity index (χ2n) is 6.60. The van der Waals surface area contributed by atoms with Crippen LogP contribution in [-0.2, 0) is 7.05 Å². The van der Waals surface area contributed by atoms with Crippen molar-refractivity contribution in [1.82, 2.24) is 14.3 Å². The number of aryl methyl sites for hydroxylation is 3. The molecule has 0 fully saturated rings. The van der Waals surface area contributed by atoms with Crippen molar-refractivity contribution in [2.24, 2.45) is 7.05 Å². The Labute approximate surface area is 160 Å². The van der Waals surface area contributed by atoms with Crippen molar-refractivity contribution in [3.8, 4) is 0 Å². The van der Waals surface area contributed by atoms with Gasteiger partial charge in [0.25, 0.3) is 11.1 Å². The number of pyridine rings is 1. The molecule has 0 aliphatic heterocycles. The van der Waals surface area contributed by atoms with Crippen molar-refractivity contribution in [3.05, 3.63) is 62.4 Å². The lowest BCUT2D eigenvalue weighted by molar-refractivity contribution is -0.00415. The number of aromatic nitrogens is 3. The Balaban J connectivity index is 2.14. The first-order valence-electron chi connectivity index (χ1n) is 8.69. The number of nitrogens with one attached hydrogen (secondary N) is 1. The second kappa shape index (κ2) is 7.83. The van der Waals surface area contributed by atoms with Gasteiger partial charge in [0, 0.05) is 18.8 Å². The van der Waals surface area contributed by atoms with Crippen LogP contribution in [0.2, 0.25) is 0 Å². The summed E-state index contributed by atoms with van der Waals surface area (Å²) in [6.45, 7) is 3.12. The number of benzene rings is 1. The molecule has 28 heavy (non-hydrogen) atoms. The van der Waals surface area contributed by atoms with E-state index in [1.807, 2.05) is 32.0 Å². The van der Waals surface area contributed by atoms with Gasteiger partial charge in [0.05, 0.1) is 12.3 Å². The predicted molar refractivity (Wildman–Crippen MR) is 105 cm³/mol. The van der Waals surface area contributed by atoms with Gasteiger partial charge in [0.2, 0.25) is 0 Å². The number of aliphatic hydroxyl groups is 2. The molecule has 0 radical (unpaired) electrons. The Hall–Kier alpha value is -3.17. The second-order valence-corrected chi connectivity index (χ2v) is 6.60. The molecule has 1 unspecified atom stereocenters. The Bertz CT molecular complexity index is 1140. The summed E-state index contributed by atoms with van der Waals surface area (Å²) in [5, 5.41) is 21.6. The van der Waals surface area contributed by atoms with E-state index in [4.69, 9.17) is 9.94 Å². The molecule has 2 aromatic heterocycles. The molecule has 0 amide bonds. The lowest BCUT2D eigenvalue weighted by Crippen LogP contribution is -2.34. The Morgan fingerprint density at radius 1 is 1.21 bits per heavy atom. The minimum absolute atomic E-state index is 0.170. The molecule has 0 aliphatic carbocycles. The van der Waals surface area contributed by atoms with Crippen LogP contribution in [0.25, 0.3) is 11.0 Å². The van der Waals surface area contributed by atoms with Crippen LogP contribution in [0.4, 0.5) is 11.4 Å². The molecule has 0 saturated heterocycles. The average molecular weight is 386 g/mol. The Kier molecular flexibility index (Phi) is 5.48. The third-order valence-corrected chi connectivity index (χ3v) is 4.38. The van der Waals surface area contributed by atoms with E-state index in [-0.39, 0.29) is 23.2 Å². The lowest BCUT2D eigenvalue weighted by atomic mass is 10.1. The van der Waals surface area contributed by atoms with Crippen molar-refractivity contribution < 1.29 is 15.1 Å². The van der Waals surface area contributed by atoms with E-state index < -0.39 is 18.3 Å². The van der Waals surface area contributed by atoms with Gasteiger partial charge < -0.3 is 20.4 Å². The molecule has 0 saturated carbocycles. The molecule has 1 aromatic carbocycles. The van der Waals surface area contributed by atoms with Gasteiger partial charge in [-0.25, -0.2) is 4.98 Å². The van der Waals surface area contributed by atoms with Crippen LogP contribution in [0.3, 0.4) is 0 Å². The molecule has 1 atom stereocenters. The van der Waals surface area contributed by atoms with Gasteiger partial charge in [-0.3, -0.25) is 14.2 Å². The monoisotopic (exact) mass is 386 g/mol. The van der Waals surface area contributed by atoms with E-state index in [2.05, 4.69) is 10.3 Å². The summed E-state index contributed by atoms with van der Waals surface area (Å²) in [4.78, 5) is 34.6. The SMILES string of the molecule is Cc1ccc(Nc2cc(=O)n(C)c3ncn(OCC(O)CO)c(=O)c23)c(C)c1. The first-order chi connectivity index (χ1) is 13.3. The fraction of sp³-hybridized carbons (Fsp3) is 0.316. The summed E-state index contributed by atoms with van der Waals surface area (Å²) in [6.07, 6.45) is 0.00490. The fourth-order valence-electron chi connectivity index (χ4n) is 2.83. The number of anilines is 2. The molecule has 9 heteroatoms. The van der Waals surface area contributed by atoms with Gasteiger partial charge >= 0.3 is 0 Å². The summed E-state index contributed by atoms with van der Waals surface area (Å²) < 4.78 is 2.15. The lowest BCUT2D eigenvalue weighted by Gasteiger charge is -2.15. The maximum atomic E-state index is 12.9. The van der Waals surface area contributed by atoms with E-state index in [0.717, 1.165) is 27.9 Å². The number of hydrogen-bond donors (Lipinski definition) is 3. The Morgan fingerprint density at radius 2 is 1.96 bits per heavy atom. The number of rotatable bonds is 6. The molecule has 9 nitrogen and oxygen atoms in total. The normalized spacial score (nSPS) is 12.2. The topological polar surface area (TPSA) is 119 Å². The molecular formula is C19H22N4O5. The summed E-state index contributed by atoms with van der Waals surface area (Å²) >= 11 is 0. The van der Waals surface area contributed by atoms with Crippen molar-refractivity contribution in [3.63, 3.8) is 0 Å². The highest BCUT2D eigenvalue weighted by Gasteiger charge is 2.16. The zero-order chi connectivity index (χ0) is 20.4. The minimum atomic E-state index is -1.13. The third-order valence-electron chi connectivity index (χ3n) is 4.38. The van der Waals surface area contributed by atoms with Crippen LogP contribution in [-0.4, -0.2) is 43.8 Å². The van der Waals surface area contributed by atoms with Gasteiger partial charge in [-0.1, -0.05) is 17.7 Å². The number of nitrogens with zero attached hydrogens (tertiary/aromatic N) is 3. The van der Waals surface area contributed by atoms with E-state index in [9.17, 15) is 14.7 Å². The molecule has 0 bridgehead atoms. The molecule has 0 aliphatic rings. The van der Waals surface area contributed by atoms with Crippen LogP contribution in [0.15, 0.2) is 40.2 Å². The number of aliphatic hydroxyl groups excluding tert-OH is 2. The summed E-state index contributed by atoms with van der Waals surface area (Å²) in [6, 6.07) is 7.12. The first-order valence-corrected chi connectivity index (χ1v) is 8.69. The highest BCUT2D eigenvalue weighted by Crippen LogP contribution is 2.24. The highest BCUT2D eigenvalue weighted by molar-refractivity contribution is 5.90. The van der Waals surface area contributed by atoms with E-state index in [0.29, 0.717) is 5.69 Å².